The van der Waals surface area contributed by atoms with Gasteiger partial charge in [0.15, 0.2) is 5.82 Å². The van der Waals surface area contributed by atoms with Gasteiger partial charge in [0, 0.05) is 6.61 Å². The van der Waals surface area contributed by atoms with E-state index in [2.05, 4.69) is 10.1 Å². The lowest BCUT2D eigenvalue weighted by Gasteiger charge is -2.29. The van der Waals surface area contributed by atoms with Crippen LogP contribution in [0.2, 0.25) is 0 Å². The third-order valence-electron chi connectivity index (χ3n) is 4.13. The first kappa shape index (κ1) is 14.0. The van der Waals surface area contributed by atoms with Gasteiger partial charge in [-0.2, -0.15) is 4.98 Å². The Morgan fingerprint density at radius 2 is 2.20 bits per heavy atom. The Morgan fingerprint density at radius 3 is 2.85 bits per heavy atom. The summed E-state index contributed by atoms with van der Waals surface area (Å²) in [7, 11) is 0. The maximum atomic E-state index is 6.27. The van der Waals surface area contributed by atoms with Crippen LogP contribution in [0.25, 0.3) is 0 Å². The molecule has 1 aromatic heterocycles. The molecule has 6 nitrogen and oxygen atoms in total. The van der Waals surface area contributed by atoms with Gasteiger partial charge in [-0.3, -0.25) is 0 Å². The summed E-state index contributed by atoms with van der Waals surface area (Å²) in [5.74, 6) is 1.37. The van der Waals surface area contributed by atoms with E-state index in [0.29, 0.717) is 31.0 Å². The van der Waals surface area contributed by atoms with Gasteiger partial charge in [-0.15, -0.1) is 0 Å². The van der Waals surface area contributed by atoms with E-state index < -0.39 is 5.54 Å². The molecule has 2 aliphatic rings. The van der Waals surface area contributed by atoms with E-state index in [9.17, 15) is 0 Å². The summed E-state index contributed by atoms with van der Waals surface area (Å²) in [5, 5.41) is 4.04. The van der Waals surface area contributed by atoms with E-state index in [1.165, 1.54) is 6.42 Å². The van der Waals surface area contributed by atoms with Crippen LogP contribution in [0.15, 0.2) is 4.52 Å². The zero-order valence-corrected chi connectivity index (χ0v) is 12.0. The molecule has 6 heteroatoms. The Hall–Kier alpha value is -0.980. The Bertz CT molecular complexity index is 437. The van der Waals surface area contributed by atoms with Crippen molar-refractivity contribution in [3.8, 4) is 0 Å². The second kappa shape index (κ2) is 5.79. The second-order valence-electron chi connectivity index (χ2n) is 6.15. The van der Waals surface area contributed by atoms with Crippen LogP contribution in [-0.2, 0) is 15.0 Å². The smallest absolute Gasteiger partial charge is 0.232 e. The molecule has 0 aromatic carbocycles. The second-order valence-corrected chi connectivity index (χ2v) is 6.15. The summed E-state index contributed by atoms with van der Waals surface area (Å²) in [6, 6.07) is 0. The summed E-state index contributed by atoms with van der Waals surface area (Å²) in [6.45, 7) is 3.79. The zero-order valence-electron chi connectivity index (χ0n) is 12.0. The molecule has 2 unspecified atom stereocenters. The van der Waals surface area contributed by atoms with Gasteiger partial charge < -0.3 is 19.7 Å². The van der Waals surface area contributed by atoms with Gasteiger partial charge >= 0.3 is 0 Å². The van der Waals surface area contributed by atoms with Gasteiger partial charge in [0.25, 0.3) is 0 Å². The summed E-state index contributed by atoms with van der Waals surface area (Å²) >= 11 is 0. The SMILES string of the molecule is CC(N)(COC1CCC1)c1noc(C2CCCOC2)n1. The largest absolute Gasteiger partial charge is 0.381 e. The van der Waals surface area contributed by atoms with Crippen LogP contribution in [0.3, 0.4) is 0 Å². The van der Waals surface area contributed by atoms with Gasteiger partial charge in [-0.25, -0.2) is 0 Å². The first-order valence-electron chi connectivity index (χ1n) is 7.47. The molecule has 0 bridgehead atoms. The number of nitrogens with two attached hydrogens (primary N) is 1. The third-order valence-corrected chi connectivity index (χ3v) is 4.13. The highest BCUT2D eigenvalue weighted by Gasteiger charge is 2.32. The van der Waals surface area contributed by atoms with E-state index in [-0.39, 0.29) is 5.92 Å². The maximum Gasteiger partial charge on any atom is 0.232 e. The van der Waals surface area contributed by atoms with Crippen LogP contribution in [-0.4, -0.2) is 36.1 Å². The van der Waals surface area contributed by atoms with Crippen molar-refractivity contribution >= 4 is 0 Å². The highest BCUT2D eigenvalue weighted by atomic mass is 16.5. The van der Waals surface area contributed by atoms with E-state index in [1.54, 1.807) is 0 Å². The van der Waals surface area contributed by atoms with Crippen molar-refractivity contribution in [2.45, 2.75) is 56.6 Å². The molecule has 0 amide bonds. The molecule has 2 fully saturated rings. The predicted octanol–water partition coefficient (Wildman–Crippen LogP) is 1.71. The zero-order chi connectivity index (χ0) is 14.0. The van der Waals surface area contributed by atoms with E-state index >= 15 is 0 Å². The lowest BCUT2D eigenvalue weighted by Crippen LogP contribution is -2.41. The maximum absolute atomic E-state index is 6.27. The van der Waals surface area contributed by atoms with Crippen molar-refractivity contribution in [3.63, 3.8) is 0 Å². The van der Waals surface area contributed by atoms with Crippen LogP contribution in [0.1, 0.15) is 56.7 Å². The fourth-order valence-corrected chi connectivity index (χ4v) is 2.46. The average molecular weight is 281 g/mol. The van der Waals surface area contributed by atoms with Gasteiger partial charge in [-0.05, 0) is 39.0 Å². The Morgan fingerprint density at radius 1 is 1.35 bits per heavy atom. The predicted molar refractivity (Wildman–Crippen MR) is 72.2 cm³/mol. The first-order valence-corrected chi connectivity index (χ1v) is 7.47. The number of ether oxygens (including phenoxy) is 2. The minimum atomic E-state index is -0.702. The lowest BCUT2D eigenvalue weighted by molar-refractivity contribution is -0.0222. The standard InChI is InChI=1S/C14H23N3O3/c1-14(15,9-19-11-5-2-6-11)13-16-12(20-17-13)10-4-3-7-18-8-10/h10-11H,2-9,15H2,1H3. The van der Waals surface area contributed by atoms with Crippen LogP contribution < -0.4 is 5.73 Å². The van der Waals surface area contributed by atoms with Crippen LogP contribution in [0.4, 0.5) is 0 Å². The van der Waals surface area contributed by atoms with Crippen molar-refractivity contribution in [1.29, 1.82) is 0 Å². The van der Waals surface area contributed by atoms with Crippen molar-refractivity contribution in [3.05, 3.63) is 11.7 Å². The fourth-order valence-electron chi connectivity index (χ4n) is 2.46. The summed E-state index contributed by atoms with van der Waals surface area (Å²) < 4.78 is 16.6. The molecule has 2 atom stereocenters. The van der Waals surface area contributed by atoms with Crippen molar-refractivity contribution < 1.29 is 14.0 Å². The lowest BCUT2D eigenvalue weighted by atomic mass is 9.95. The molecule has 112 valence electrons. The van der Waals surface area contributed by atoms with Gasteiger partial charge in [0.05, 0.1) is 25.2 Å². The average Bonchev–Trinajstić information content (AvgIpc) is 2.88. The molecule has 1 aliphatic carbocycles. The molecule has 1 saturated carbocycles. The molecule has 1 aromatic rings. The number of aromatic nitrogens is 2. The first-order chi connectivity index (χ1) is 9.65. The number of rotatable bonds is 5. The molecular formula is C14H23N3O3. The molecular weight excluding hydrogens is 258 g/mol. The molecule has 0 radical (unpaired) electrons. The van der Waals surface area contributed by atoms with Crippen molar-refractivity contribution in [1.82, 2.24) is 10.1 Å². The summed E-state index contributed by atoms with van der Waals surface area (Å²) in [4.78, 5) is 4.46. The number of nitrogens with zero attached hydrogens (tertiary/aromatic N) is 2. The Balaban J connectivity index is 1.61. The molecule has 0 spiro atoms. The van der Waals surface area contributed by atoms with Crippen LogP contribution in [0.5, 0.6) is 0 Å². The number of hydrogen-bond acceptors (Lipinski definition) is 6. The summed E-state index contributed by atoms with van der Waals surface area (Å²) in [5.41, 5.74) is 5.57. The van der Waals surface area contributed by atoms with E-state index in [1.807, 2.05) is 6.92 Å². The van der Waals surface area contributed by atoms with Crippen LogP contribution in [0, 0.1) is 0 Å². The van der Waals surface area contributed by atoms with Crippen LogP contribution >= 0.6 is 0 Å². The Labute approximate surface area is 119 Å². The minimum absolute atomic E-state index is 0.202. The van der Waals surface area contributed by atoms with Crippen molar-refractivity contribution in [2.24, 2.45) is 5.73 Å². The number of hydrogen-bond donors (Lipinski definition) is 1. The highest BCUT2D eigenvalue weighted by Crippen LogP contribution is 2.27. The molecule has 2 N–H and O–H groups in total. The molecule has 2 heterocycles. The minimum Gasteiger partial charge on any atom is -0.381 e. The fraction of sp³-hybridized carbons (Fsp3) is 0.857. The van der Waals surface area contributed by atoms with E-state index in [4.69, 9.17) is 19.7 Å². The molecule has 3 rings (SSSR count). The van der Waals surface area contributed by atoms with Gasteiger partial charge in [0.2, 0.25) is 5.89 Å². The van der Waals surface area contributed by atoms with Gasteiger partial charge in [0.1, 0.15) is 5.54 Å². The Kier molecular flexibility index (Phi) is 4.05. The summed E-state index contributed by atoms with van der Waals surface area (Å²) in [6.07, 6.45) is 5.94. The monoisotopic (exact) mass is 281 g/mol. The highest BCUT2D eigenvalue weighted by molar-refractivity contribution is 5.04. The van der Waals surface area contributed by atoms with Crippen molar-refractivity contribution in [2.75, 3.05) is 19.8 Å². The van der Waals surface area contributed by atoms with Gasteiger partial charge in [-0.1, -0.05) is 5.16 Å². The molecule has 1 saturated heterocycles. The normalized spacial score (nSPS) is 27.0. The molecule has 1 aliphatic heterocycles. The quantitative estimate of drug-likeness (QED) is 0.884. The molecule has 20 heavy (non-hydrogen) atoms. The topological polar surface area (TPSA) is 83.4 Å². The van der Waals surface area contributed by atoms with E-state index in [0.717, 1.165) is 32.3 Å². The third kappa shape index (κ3) is 3.02.